The minimum absolute atomic E-state index is 0. The number of hydrogen-bond acceptors (Lipinski definition) is 6. The van der Waals surface area contributed by atoms with Gasteiger partial charge in [0.25, 0.3) is 5.91 Å². The van der Waals surface area contributed by atoms with Crippen molar-refractivity contribution >= 4 is 23.8 Å². The van der Waals surface area contributed by atoms with Gasteiger partial charge in [0, 0.05) is 5.57 Å². The Bertz CT molecular complexity index is 550. The van der Waals surface area contributed by atoms with Crippen molar-refractivity contribution in [3.63, 3.8) is 0 Å². The average Bonchev–Trinajstić information content (AvgIpc) is 2.62. The Morgan fingerprint density at radius 1 is 1.25 bits per heavy atom. The third kappa shape index (κ3) is 9.82. The van der Waals surface area contributed by atoms with Gasteiger partial charge in [0.05, 0.1) is 6.02 Å². The Kier molecular flexibility index (Phi) is 18.8. The Morgan fingerprint density at radius 3 is 2.00 bits per heavy atom. The number of aliphatic imine (C=N–C) groups is 1. The molecule has 0 saturated carbocycles. The van der Waals surface area contributed by atoms with Gasteiger partial charge in [0.1, 0.15) is 5.41 Å². The zero-order chi connectivity index (χ0) is 21.6. The number of carbonyl (C=O) groups excluding carboxylic acids is 3. The molecule has 0 aliphatic carbocycles. The smallest absolute Gasteiger partial charge is 0.846 e. The van der Waals surface area contributed by atoms with Crippen LogP contribution in [0.2, 0.25) is 0 Å². The van der Waals surface area contributed by atoms with Crippen molar-refractivity contribution in [2.45, 2.75) is 73.6 Å². The van der Waals surface area contributed by atoms with Crippen LogP contribution >= 0.6 is 0 Å². The summed E-state index contributed by atoms with van der Waals surface area (Å²) >= 11 is 0. The molecule has 1 heterocycles. The van der Waals surface area contributed by atoms with Crippen LogP contribution in [-0.2, 0) is 19.2 Å². The molecule has 1 aliphatic rings. The molecule has 1 aliphatic heterocycles. The van der Waals surface area contributed by atoms with Crippen LogP contribution in [0.5, 0.6) is 0 Å². The van der Waals surface area contributed by atoms with Crippen LogP contribution in [0.4, 0.5) is 0 Å². The van der Waals surface area contributed by atoms with Gasteiger partial charge in [-0.3, -0.25) is 9.59 Å². The van der Waals surface area contributed by atoms with Gasteiger partial charge in [0.2, 0.25) is 5.91 Å². The summed E-state index contributed by atoms with van der Waals surface area (Å²) in [6.07, 6.45) is 4.66. The average molecular weight is 407 g/mol. The number of amides is 2. The summed E-state index contributed by atoms with van der Waals surface area (Å²) in [5, 5.41) is 13.1. The second kappa shape index (κ2) is 16.7. The van der Waals surface area contributed by atoms with Gasteiger partial charge < -0.3 is 15.3 Å². The van der Waals surface area contributed by atoms with Gasteiger partial charge in [-0.15, -0.1) is 0 Å². The molecule has 0 spiro atoms. The van der Waals surface area contributed by atoms with E-state index in [0.29, 0.717) is 12.0 Å². The number of nitrogens with one attached hydrogen (secondary N) is 1. The van der Waals surface area contributed by atoms with Gasteiger partial charge in [-0.05, 0) is 25.7 Å². The Morgan fingerprint density at radius 2 is 1.75 bits per heavy atom. The molecule has 1 rings (SSSR count). The topological polar surface area (TPSA) is 134 Å². The van der Waals surface area contributed by atoms with Crippen molar-refractivity contribution in [1.29, 1.82) is 0 Å². The fraction of sp³-hybridized carbons (Fsp3) is 0.684. The van der Waals surface area contributed by atoms with E-state index in [-0.39, 0.29) is 35.5 Å². The number of hydrogen-bond donors (Lipinski definition) is 2. The number of nitrogens with two attached hydrogens (primary N) is 1. The Labute approximate surface area is 190 Å². The molecule has 2 unspecified atom stereocenters. The van der Waals surface area contributed by atoms with Crippen LogP contribution in [-0.4, -0.2) is 23.8 Å². The first-order chi connectivity index (χ1) is 12.6. The molecule has 0 fully saturated rings. The summed E-state index contributed by atoms with van der Waals surface area (Å²) in [4.78, 5) is 40.9. The molecule has 0 bridgehead atoms. The number of rotatable bonds is 6. The van der Waals surface area contributed by atoms with Crippen molar-refractivity contribution < 1.29 is 53.9 Å². The van der Waals surface area contributed by atoms with Gasteiger partial charge in [-0.1, -0.05) is 60.5 Å². The van der Waals surface area contributed by atoms with E-state index in [1.54, 1.807) is 6.92 Å². The fourth-order valence-electron chi connectivity index (χ4n) is 2.40. The summed E-state index contributed by atoms with van der Waals surface area (Å²) in [7, 11) is 0. The molecule has 2 amide bonds. The number of nitrogens with zero attached hydrogens (tertiary/aromatic N) is 1. The minimum atomic E-state index is -1.15. The molecular weight excluding hydrogens is 373 g/mol. The van der Waals surface area contributed by atoms with Crippen molar-refractivity contribution in [1.82, 2.24) is 5.32 Å². The van der Waals surface area contributed by atoms with Crippen LogP contribution in [0.1, 0.15) is 73.6 Å². The quantitative estimate of drug-likeness (QED) is 0.251. The number of carbonyl (C=O) groups is 3. The van der Waals surface area contributed by atoms with Crippen molar-refractivity contribution in [3.05, 3.63) is 12.2 Å². The predicted octanol–water partition coefficient (Wildman–Crippen LogP) is -1.02. The maximum absolute atomic E-state index is 11.9. The van der Waals surface area contributed by atoms with Gasteiger partial charge >= 0.3 is 35.5 Å². The zero-order valence-corrected chi connectivity index (χ0v) is 20.4. The van der Waals surface area contributed by atoms with E-state index in [9.17, 15) is 19.5 Å². The number of amidine groups is 1. The van der Waals surface area contributed by atoms with E-state index in [1.807, 2.05) is 13.8 Å². The molecule has 3 N–H and O–H groups in total. The molecule has 0 aromatic carbocycles. The van der Waals surface area contributed by atoms with Crippen molar-refractivity contribution in [3.8, 4) is 0 Å². The van der Waals surface area contributed by atoms with Crippen LogP contribution < -0.4 is 45.9 Å². The van der Waals surface area contributed by atoms with Crippen LogP contribution in [0.3, 0.4) is 0 Å². The Hall–Kier alpha value is -1.22. The second-order valence-corrected chi connectivity index (χ2v) is 6.38. The molecule has 2 atom stereocenters. The third-order valence-corrected chi connectivity index (χ3v) is 4.29. The largest absolute Gasteiger partial charge is 1.00 e. The van der Waals surface area contributed by atoms with Crippen LogP contribution in [0, 0.1) is 11.3 Å². The summed E-state index contributed by atoms with van der Waals surface area (Å²) < 4.78 is 0. The first-order valence-electron chi connectivity index (χ1n) is 9.26. The van der Waals surface area contributed by atoms with E-state index < -0.39 is 29.2 Å². The zero-order valence-electron chi connectivity index (χ0n) is 18.4. The summed E-state index contributed by atoms with van der Waals surface area (Å²) in [6, 6.07) is -0.845. The second-order valence-electron chi connectivity index (χ2n) is 6.38. The van der Waals surface area contributed by atoms with Crippen LogP contribution in [0.25, 0.3) is 0 Å². The monoisotopic (exact) mass is 407 g/mol. The summed E-state index contributed by atoms with van der Waals surface area (Å²) in [5.41, 5.74) is -0.841. The predicted molar refractivity (Wildman–Crippen MR) is 103 cm³/mol. The molecule has 28 heavy (non-hydrogen) atoms. The third-order valence-electron chi connectivity index (χ3n) is 4.29. The Balaban J connectivity index is -0.000000436. The number of unbranched alkanes of at least 4 members (excludes halogenated alkanes) is 1. The van der Waals surface area contributed by atoms with Crippen molar-refractivity contribution in [2.75, 3.05) is 0 Å². The SMILES string of the molecule is C=C(C)C(=O)ON.CCCC.CCCC(C)C1(CC)C(=O)N=C([O-])NC1=O.[Na+]. The fourth-order valence-corrected chi connectivity index (χ4v) is 2.40. The molecule has 8 nitrogen and oxygen atoms in total. The van der Waals surface area contributed by atoms with Crippen LogP contribution in [0.15, 0.2) is 17.1 Å². The molecule has 0 saturated heterocycles. The standard InChI is InChI=1S/C11H18N2O3.C4H7NO2.C4H10.Na/c1-4-6-7(3)11(5-2)8(14)12-10(16)13-9(11)15;1-3(2)4(6)7-5;1-3-4-2;/h7H,4-6H2,1-3H3,(H2,12,13,14,15,16);1,5H2,2H3;3-4H2,1-2H3;/q;;;+1/p-1. The van der Waals surface area contributed by atoms with E-state index in [2.05, 4.69) is 41.5 Å². The normalized spacial score (nSPS) is 18.6. The van der Waals surface area contributed by atoms with E-state index in [4.69, 9.17) is 0 Å². The summed E-state index contributed by atoms with van der Waals surface area (Å²) in [6.45, 7) is 14.8. The van der Waals surface area contributed by atoms with E-state index in [0.717, 1.165) is 12.8 Å². The van der Waals surface area contributed by atoms with Gasteiger partial charge in [0.15, 0.2) is 0 Å². The molecule has 0 aromatic heterocycles. The molecular formula is C19H34N3NaO5. The molecule has 9 heteroatoms. The van der Waals surface area contributed by atoms with E-state index in [1.165, 1.54) is 19.8 Å². The first-order valence-corrected chi connectivity index (χ1v) is 9.26. The molecule has 0 radical (unpaired) electrons. The maximum atomic E-state index is 11.9. The maximum Gasteiger partial charge on any atom is 1.00 e. The first kappa shape index (κ1) is 31.5. The van der Waals surface area contributed by atoms with Gasteiger partial charge in [-0.25, -0.2) is 9.79 Å². The molecule has 156 valence electrons. The summed E-state index contributed by atoms with van der Waals surface area (Å²) in [5.74, 6) is 2.70. The van der Waals surface area contributed by atoms with E-state index >= 15 is 0 Å². The van der Waals surface area contributed by atoms with Gasteiger partial charge in [-0.2, -0.15) is 5.90 Å². The van der Waals surface area contributed by atoms with Crippen molar-refractivity contribution in [2.24, 2.45) is 22.2 Å². The molecule has 0 aromatic rings. The minimum Gasteiger partial charge on any atom is -0.846 e.